The number of fused-ring (bicyclic) bond motifs is 1. The van der Waals surface area contributed by atoms with Crippen LogP contribution in [0, 0.1) is 0 Å². The Morgan fingerprint density at radius 3 is 2.34 bits per heavy atom. The smallest absolute Gasteiger partial charge is 0.322 e. The number of nitrogens with zero attached hydrogens (tertiary/aromatic N) is 3. The number of urea groups is 1. The van der Waals surface area contributed by atoms with Gasteiger partial charge in [-0.2, -0.15) is 9.31 Å². The molecule has 0 radical (unpaired) electrons. The van der Waals surface area contributed by atoms with E-state index in [1.165, 1.54) is 4.31 Å². The van der Waals surface area contributed by atoms with Gasteiger partial charge in [0.05, 0.1) is 11.4 Å². The van der Waals surface area contributed by atoms with Crippen LogP contribution in [0.15, 0.2) is 47.4 Å². The fraction of sp³-hybridized carbons (Fsp3) is 0.458. The van der Waals surface area contributed by atoms with Crippen molar-refractivity contribution in [1.82, 2.24) is 25.0 Å². The standard InChI is InChI=1S/C24H29N5O5S/c30-21(26-29-22(31)24(25-23(29)32)10-4-1-5-11-24)17-27-12-14-28(15-13-27)35(33,34)20-9-8-18-6-2-3-7-19(18)16-20/h2-3,6-9,16H,1,4-5,10-15,17H2,(H,25,32)(H,26,30). The molecule has 2 N–H and O–H groups in total. The van der Waals surface area contributed by atoms with Crippen LogP contribution in [0.25, 0.3) is 10.8 Å². The van der Waals surface area contributed by atoms with Crippen molar-refractivity contribution < 1.29 is 22.8 Å². The highest BCUT2D eigenvalue weighted by atomic mass is 32.2. The third kappa shape index (κ3) is 4.51. The number of carbonyl (C=O) groups is 3. The van der Waals surface area contributed by atoms with E-state index in [4.69, 9.17) is 0 Å². The second kappa shape index (κ2) is 9.21. The molecule has 0 atom stereocenters. The molecule has 186 valence electrons. The molecule has 35 heavy (non-hydrogen) atoms. The summed E-state index contributed by atoms with van der Waals surface area (Å²) in [6.07, 6.45) is 3.91. The third-order valence-corrected chi connectivity index (χ3v) is 9.06. The molecule has 0 unspecified atom stereocenters. The van der Waals surface area contributed by atoms with E-state index in [1.807, 2.05) is 29.2 Å². The summed E-state index contributed by atoms with van der Waals surface area (Å²) in [5.41, 5.74) is 1.54. The topological polar surface area (TPSA) is 119 Å². The molecule has 0 bridgehead atoms. The molecule has 3 aliphatic rings. The molecule has 1 spiro atoms. The van der Waals surface area contributed by atoms with Gasteiger partial charge in [-0.25, -0.2) is 13.2 Å². The van der Waals surface area contributed by atoms with Gasteiger partial charge < -0.3 is 5.32 Å². The Morgan fingerprint density at radius 1 is 0.943 bits per heavy atom. The summed E-state index contributed by atoms with van der Waals surface area (Å²) in [5.74, 6) is -0.881. The van der Waals surface area contributed by atoms with E-state index in [9.17, 15) is 22.8 Å². The SMILES string of the molecule is O=C(CN1CCN(S(=O)(=O)c2ccc3ccccc3c2)CC1)NN1C(=O)NC2(CCCCC2)C1=O. The highest BCUT2D eigenvalue weighted by Crippen LogP contribution is 2.33. The Kier molecular flexibility index (Phi) is 6.24. The number of hydrogen-bond donors (Lipinski definition) is 2. The largest absolute Gasteiger partial charge is 0.344 e. The van der Waals surface area contributed by atoms with Gasteiger partial charge >= 0.3 is 6.03 Å². The summed E-state index contributed by atoms with van der Waals surface area (Å²) < 4.78 is 27.7. The van der Waals surface area contributed by atoms with Gasteiger partial charge in [0, 0.05) is 26.2 Å². The van der Waals surface area contributed by atoms with Crippen molar-refractivity contribution in [3.63, 3.8) is 0 Å². The first-order valence-corrected chi connectivity index (χ1v) is 13.4. The number of rotatable bonds is 5. The predicted octanol–water partition coefficient (Wildman–Crippen LogP) is 1.43. The second-order valence-electron chi connectivity index (χ2n) is 9.44. The Balaban J connectivity index is 1.16. The molecule has 2 aromatic carbocycles. The molecular formula is C24H29N5O5S. The lowest BCUT2D eigenvalue weighted by atomic mass is 9.82. The van der Waals surface area contributed by atoms with Crippen LogP contribution in [0.3, 0.4) is 0 Å². The summed E-state index contributed by atoms with van der Waals surface area (Å²) in [6.45, 7) is 1.19. The maximum absolute atomic E-state index is 13.1. The summed E-state index contributed by atoms with van der Waals surface area (Å²) >= 11 is 0. The fourth-order valence-electron chi connectivity index (χ4n) is 5.18. The van der Waals surface area contributed by atoms with Crippen molar-refractivity contribution in [3.05, 3.63) is 42.5 Å². The molecule has 1 saturated carbocycles. The lowest BCUT2D eigenvalue weighted by Crippen LogP contribution is -2.54. The maximum Gasteiger partial charge on any atom is 0.344 e. The van der Waals surface area contributed by atoms with Crippen molar-refractivity contribution in [2.24, 2.45) is 0 Å². The fourth-order valence-corrected chi connectivity index (χ4v) is 6.64. The van der Waals surface area contributed by atoms with Gasteiger partial charge in [-0.15, -0.1) is 0 Å². The minimum Gasteiger partial charge on any atom is -0.322 e. The molecule has 11 heteroatoms. The van der Waals surface area contributed by atoms with Crippen LogP contribution in [-0.4, -0.2) is 78.7 Å². The molecule has 2 saturated heterocycles. The minimum absolute atomic E-state index is 0.0338. The Labute approximate surface area is 204 Å². The van der Waals surface area contributed by atoms with E-state index >= 15 is 0 Å². The van der Waals surface area contributed by atoms with Crippen LogP contribution >= 0.6 is 0 Å². The Hall–Kier alpha value is -3.02. The summed E-state index contributed by atoms with van der Waals surface area (Å²) in [6, 6.07) is 12.1. The average Bonchev–Trinajstić information content (AvgIpc) is 3.08. The number of carbonyl (C=O) groups excluding carboxylic acids is 3. The zero-order chi connectivity index (χ0) is 24.6. The lowest BCUT2D eigenvalue weighted by molar-refractivity contribution is -0.140. The van der Waals surface area contributed by atoms with E-state index in [0.29, 0.717) is 25.9 Å². The van der Waals surface area contributed by atoms with E-state index in [2.05, 4.69) is 10.7 Å². The van der Waals surface area contributed by atoms with Crippen LogP contribution in [-0.2, 0) is 19.6 Å². The molecule has 2 aromatic rings. The summed E-state index contributed by atoms with van der Waals surface area (Å²) in [4.78, 5) is 39.8. The molecule has 3 fully saturated rings. The monoisotopic (exact) mass is 499 g/mol. The number of nitrogens with one attached hydrogen (secondary N) is 2. The van der Waals surface area contributed by atoms with Crippen molar-refractivity contribution >= 4 is 38.6 Å². The van der Waals surface area contributed by atoms with Gasteiger partial charge in [0.1, 0.15) is 5.54 Å². The number of amides is 4. The highest BCUT2D eigenvalue weighted by Gasteiger charge is 2.52. The van der Waals surface area contributed by atoms with Crippen LogP contribution in [0.1, 0.15) is 32.1 Å². The van der Waals surface area contributed by atoms with Crippen LogP contribution in [0.4, 0.5) is 4.79 Å². The first-order chi connectivity index (χ1) is 16.8. The summed E-state index contributed by atoms with van der Waals surface area (Å²) in [5, 5.41) is 5.40. The lowest BCUT2D eigenvalue weighted by Gasteiger charge is -2.33. The van der Waals surface area contributed by atoms with Gasteiger partial charge in [0.2, 0.25) is 10.0 Å². The molecule has 5 rings (SSSR count). The second-order valence-corrected chi connectivity index (χ2v) is 11.4. The van der Waals surface area contributed by atoms with Crippen molar-refractivity contribution in [2.45, 2.75) is 42.5 Å². The van der Waals surface area contributed by atoms with E-state index in [1.54, 1.807) is 18.2 Å². The molecule has 0 aromatic heterocycles. The number of benzene rings is 2. The zero-order valence-electron chi connectivity index (χ0n) is 19.4. The number of hydrazine groups is 1. The third-order valence-electron chi connectivity index (χ3n) is 7.16. The van der Waals surface area contributed by atoms with E-state index in [0.717, 1.165) is 35.0 Å². The molecule has 2 heterocycles. The minimum atomic E-state index is -3.65. The maximum atomic E-state index is 13.1. The van der Waals surface area contributed by atoms with E-state index < -0.39 is 33.4 Å². The summed E-state index contributed by atoms with van der Waals surface area (Å²) in [7, 11) is -3.65. The number of imide groups is 1. The first kappa shape index (κ1) is 23.7. The van der Waals surface area contributed by atoms with E-state index in [-0.39, 0.29) is 24.5 Å². The van der Waals surface area contributed by atoms with Gasteiger partial charge in [-0.1, -0.05) is 49.6 Å². The van der Waals surface area contributed by atoms with Crippen molar-refractivity contribution in [1.29, 1.82) is 0 Å². The number of hydrogen-bond acceptors (Lipinski definition) is 6. The van der Waals surface area contributed by atoms with Crippen molar-refractivity contribution in [2.75, 3.05) is 32.7 Å². The van der Waals surface area contributed by atoms with Gasteiger partial charge in [-0.3, -0.25) is 19.9 Å². The number of sulfonamides is 1. The highest BCUT2D eigenvalue weighted by molar-refractivity contribution is 7.89. The predicted molar refractivity (Wildman–Crippen MR) is 128 cm³/mol. The quantitative estimate of drug-likeness (QED) is 0.601. The van der Waals surface area contributed by atoms with Crippen LogP contribution in [0.5, 0.6) is 0 Å². The first-order valence-electron chi connectivity index (χ1n) is 12.0. The van der Waals surface area contributed by atoms with Gasteiger partial charge in [0.15, 0.2) is 0 Å². The van der Waals surface area contributed by atoms with Crippen molar-refractivity contribution in [3.8, 4) is 0 Å². The van der Waals surface area contributed by atoms with Crippen LogP contribution in [0.2, 0.25) is 0 Å². The molecule has 2 aliphatic heterocycles. The Bertz CT molecular complexity index is 1270. The molecule has 1 aliphatic carbocycles. The molecule has 4 amide bonds. The average molecular weight is 500 g/mol. The number of piperazine rings is 1. The van der Waals surface area contributed by atoms with Crippen LogP contribution < -0.4 is 10.7 Å². The zero-order valence-corrected chi connectivity index (χ0v) is 20.2. The van der Waals surface area contributed by atoms with Gasteiger partial charge in [0.25, 0.3) is 11.8 Å². The Morgan fingerprint density at radius 2 is 1.63 bits per heavy atom. The normalized spacial score (nSPS) is 21.4. The van der Waals surface area contributed by atoms with Gasteiger partial charge in [-0.05, 0) is 35.7 Å². The molecule has 10 nitrogen and oxygen atoms in total. The molecular weight excluding hydrogens is 470 g/mol.